The van der Waals surface area contributed by atoms with Crippen LogP contribution < -0.4 is 10.1 Å². The number of halogens is 3. The highest BCUT2D eigenvalue weighted by atomic mass is 35.5. The van der Waals surface area contributed by atoms with Crippen molar-refractivity contribution in [2.75, 3.05) is 7.05 Å². The first-order valence-corrected chi connectivity index (χ1v) is 9.54. The average Bonchev–Trinajstić information content (AvgIpc) is 2.68. The Morgan fingerprint density at radius 3 is 2.79 bits per heavy atom. The second-order valence-electron chi connectivity index (χ2n) is 6.39. The van der Waals surface area contributed by atoms with Crippen molar-refractivity contribution in [2.24, 2.45) is 0 Å². The standard InChI is InChI=1S/C21H19Cl2FN2O2/c1-12(20-16(22)5-6-17(24)21(20)23)28-15-4-7-18-14(10-15)9-13(11-26-18)3-8-19(27)25-2/h4-7,9-12H,3,8H2,1-2H3,(H,25,27)/t12-/m1/s1. The number of aryl methyl sites for hydroxylation is 1. The Labute approximate surface area is 172 Å². The number of aromatic nitrogens is 1. The molecule has 4 nitrogen and oxygen atoms in total. The molecule has 28 heavy (non-hydrogen) atoms. The van der Waals surface area contributed by atoms with Crippen LogP contribution in [-0.4, -0.2) is 17.9 Å². The van der Waals surface area contributed by atoms with Crippen LogP contribution in [0.4, 0.5) is 4.39 Å². The van der Waals surface area contributed by atoms with E-state index >= 15 is 0 Å². The Balaban J connectivity index is 1.83. The zero-order chi connectivity index (χ0) is 20.3. The highest BCUT2D eigenvalue weighted by molar-refractivity contribution is 6.36. The number of nitrogens with one attached hydrogen (secondary N) is 1. The molecule has 0 aliphatic rings. The third-order valence-corrected chi connectivity index (χ3v) is 5.14. The van der Waals surface area contributed by atoms with E-state index in [0.29, 0.717) is 29.2 Å². The summed E-state index contributed by atoms with van der Waals surface area (Å²) in [6.45, 7) is 1.76. The number of benzene rings is 2. The molecule has 0 radical (unpaired) electrons. The first-order valence-electron chi connectivity index (χ1n) is 8.78. The number of rotatable bonds is 6. The number of carbonyl (C=O) groups is 1. The van der Waals surface area contributed by atoms with Crippen LogP contribution in [0.1, 0.15) is 30.6 Å². The first kappa shape index (κ1) is 20.4. The number of pyridine rings is 1. The van der Waals surface area contributed by atoms with Gasteiger partial charge in [0.1, 0.15) is 17.7 Å². The number of ether oxygens (including phenoxy) is 1. The van der Waals surface area contributed by atoms with Gasteiger partial charge in [0.05, 0.1) is 10.5 Å². The maximum absolute atomic E-state index is 13.8. The van der Waals surface area contributed by atoms with E-state index in [1.807, 2.05) is 18.2 Å². The number of carbonyl (C=O) groups excluding carboxylic acids is 1. The van der Waals surface area contributed by atoms with E-state index in [1.165, 1.54) is 12.1 Å². The van der Waals surface area contributed by atoms with E-state index in [0.717, 1.165) is 16.5 Å². The third-order valence-electron chi connectivity index (χ3n) is 4.43. The van der Waals surface area contributed by atoms with Crippen molar-refractivity contribution >= 4 is 40.0 Å². The maximum Gasteiger partial charge on any atom is 0.220 e. The van der Waals surface area contributed by atoms with Crippen molar-refractivity contribution in [1.82, 2.24) is 10.3 Å². The van der Waals surface area contributed by atoms with Crippen LogP contribution >= 0.6 is 23.2 Å². The summed E-state index contributed by atoms with van der Waals surface area (Å²) in [5, 5.41) is 3.79. The summed E-state index contributed by atoms with van der Waals surface area (Å²) in [4.78, 5) is 15.9. The SMILES string of the molecule is CNC(=O)CCc1cnc2ccc(O[C@H](C)c3c(Cl)ccc(F)c3Cl)cc2c1. The van der Waals surface area contributed by atoms with Crippen molar-refractivity contribution in [3.05, 3.63) is 69.6 Å². The van der Waals surface area contributed by atoms with Crippen LogP contribution in [0.25, 0.3) is 10.9 Å². The lowest BCUT2D eigenvalue weighted by molar-refractivity contribution is -0.120. The van der Waals surface area contributed by atoms with Crippen LogP contribution in [0.3, 0.4) is 0 Å². The predicted octanol–water partition coefficient (Wildman–Crippen LogP) is 5.50. The summed E-state index contributed by atoms with van der Waals surface area (Å²) in [7, 11) is 1.61. The predicted molar refractivity (Wildman–Crippen MR) is 110 cm³/mol. The molecule has 0 saturated carbocycles. The molecule has 0 aliphatic carbocycles. The Bertz CT molecular complexity index is 1030. The number of hydrogen-bond acceptors (Lipinski definition) is 3. The van der Waals surface area contributed by atoms with Gasteiger partial charge in [0.25, 0.3) is 0 Å². The van der Waals surface area contributed by atoms with E-state index in [1.54, 1.807) is 26.2 Å². The van der Waals surface area contributed by atoms with Gasteiger partial charge in [0.2, 0.25) is 5.91 Å². The highest BCUT2D eigenvalue weighted by Gasteiger charge is 2.18. The zero-order valence-corrected chi connectivity index (χ0v) is 16.9. The Hall–Kier alpha value is -2.37. The summed E-state index contributed by atoms with van der Waals surface area (Å²) in [5.74, 6) is 0.0245. The molecular weight excluding hydrogens is 402 g/mol. The van der Waals surface area contributed by atoms with Crippen molar-refractivity contribution in [3.8, 4) is 5.75 Å². The molecule has 146 valence electrons. The Kier molecular flexibility index (Phi) is 6.37. The van der Waals surface area contributed by atoms with Crippen LogP contribution in [0.5, 0.6) is 5.75 Å². The molecule has 3 rings (SSSR count). The lowest BCUT2D eigenvalue weighted by Gasteiger charge is -2.18. The monoisotopic (exact) mass is 420 g/mol. The summed E-state index contributed by atoms with van der Waals surface area (Å²) in [6, 6.07) is 10.1. The molecule has 0 bridgehead atoms. The summed E-state index contributed by atoms with van der Waals surface area (Å²) >= 11 is 12.2. The number of amides is 1. The van der Waals surface area contributed by atoms with Gasteiger partial charge < -0.3 is 10.1 Å². The molecule has 1 aromatic heterocycles. The molecular formula is C21H19Cl2FN2O2. The number of hydrogen-bond donors (Lipinski definition) is 1. The molecule has 1 N–H and O–H groups in total. The van der Waals surface area contributed by atoms with Crippen molar-refractivity contribution < 1.29 is 13.9 Å². The van der Waals surface area contributed by atoms with Gasteiger partial charge in [-0.1, -0.05) is 23.2 Å². The topological polar surface area (TPSA) is 51.2 Å². The van der Waals surface area contributed by atoms with Gasteiger partial charge in [0, 0.05) is 35.6 Å². The Morgan fingerprint density at radius 2 is 2.04 bits per heavy atom. The molecule has 1 heterocycles. The highest BCUT2D eigenvalue weighted by Crippen LogP contribution is 2.35. The Morgan fingerprint density at radius 1 is 1.25 bits per heavy atom. The molecule has 2 aromatic carbocycles. The van der Waals surface area contributed by atoms with Crippen molar-refractivity contribution in [3.63, 3.8) is 0 Å². The minimum absolute atomic E-state index is 0.0187. The molecule has 1 atom stereocenters. The van der Waals surface area contributed by atoms with Crippen LogP contribution in [0, 0.1) is 5.82 Å². The lowest BCUT2D eigenvalue weighted by Crippen LogP contribution is -2.17. The van der Waals surface area contributed by atoms with Crippen LogP contribution in [-0.2, 0) is 11.2 Å². The minimum atomic E-state index is -0.544. The first-order chi connectivity index (χ1) is 13.4. The molecule has 0 fully saturated rings. The summed E-state index contributed by atoms with van der Waals surface area (Å²) in [6.07, 6.45) is 2.21. The fourth-order valence-corrected chi connectivity index (χ4v) is 3.60. The second kappa shape index (κ2) is 8.76. The molecule has 3 aromatic rings. The van der Waals surface area contributed by atoms with E-state index < -0.39 is 11.9 Å². The summed E-state index contributed by atoms with van der Waals surface area (Å²) in [5.41, 5.74) is 2.17. The minimum Gasteiger partial charge on any atom is -0.486 e. The second-order valence-corrected chi connectivity index (χ2v) is 7.17. The van der Waals surface area contributed by atoms with Crippen LogP contribution in [0.15, 0.2) is 42.6 Å². The molecule has 0 aliphatic heterocycles. The number of nitrogens with zero attached hydrogens (tertiary/aromatic N) is 1. The van der Waals surface area contributed by atoms with Gasteiger partial charge in [0.15, 0.2) is 0 Å². The molecule has 0 saturated heterocycles. The zero-order valence-electron chi connectivity index (χ0n) is 15.4. The van der Waals surface area contributed by atoms with Gasteiger partial charge in [-0.3, -0.25) is 9.78 Å². The smallest absolute Gasteiger partial charge is 0.220 e. The van der Waals surface area contributed by atoms with E-state index in [-0.39, 0.29) is 10.9 Å². The van der Waals surface area contributed by atoms with Crippen molar-refractivity contribution in [1.29, 1.82) is 0 Å². The van der Waals surface area contributed by atoms with Gasteiger partial charge in [-0.25, -0.2) is 4.39 Å². The van der Waals surface area contributed by atoms with Crippen LogP contribution in [0.2, 0.25) is 10.0 Å². The van der Waals surface area contributed by atoms with E-state index in [4.69, 9.17) is 27.9 Å². The van der Waals surface area contributed by atoms with E-state index in [2.05, 4.69) is 10.3 Å². The molecule has 1 amide bonds. The maximum atomic E-state index is 13.8. The average molecular weight is 421 g/mol. The quantitative estimate of drug-likeness (QED) is 0.535. The molecule has 0 unspecified atom stereocenters. The third kappa shape index (κ3) is 4.54. The van der Waals surface area contributed by atoms with Gasteiger partial charge in [-0.15, -0.1) is 0 Å². The summed E-state index contributed by atoms with van der Waals surface area (Å²) < 4.78 is 19.7. The van der Waals surface area contributed by atoms with E-state index in [9.17, 15) is 9.18 Å². The largest absolute Gasteiger partial charge is 0.486 e. The fraction of sp³-hybridized carbons (Fsp3) is 0.238. The van der Waals surface area contributed by atoms with Crippen molar-refractivity contribution in [2.45, 2.75) is 25.9 Å². The lowest BCUT2D eigenvalue weighted by atomic mass is 10.1. The molecule has 0 spiro atoms. The normalized spacial score (nSPS) is 12.0. The fourth-order valence-electron chi connectivity index (χ4n) is 2.93. The van der Waals surface area contributed by atoms with Gasteiger partial charge in [-0.2, -0.15) is 0 Å². The van der Waals surface area contributed by atoms with Gasteiger partial charge >= 0.3 is 0 Å². The molecule has 7 heteroatoms. The van der Waals surface area contributed by atoms with Gasteiger partial charge in [-0.05, 0) is 55.3 Å². The number of fused-ring (bicyclic) bond motifs is 1.